The molecule has 20 heavy (non-hydrogen) atoms. The van der Waals surface area contributed by atoms with Crippen molar-refractivity contribution in [3.8, 4) is 11.1 Å². The highest BCUT2D eigenvalue weighted by Crippen LogP contribution is 2.21. The molecule has 0 radical (unpaired) electrons. The van der Waals surface area contributed by atoms with Crippen LogP contribution in [0.15, 0.2) is 53.9 Å². The van der Waals surface area contributed by atoms with Gasteiger partial charge in [0.1, 0.15) is 0 Å². The van der Waals surface area contributed by atoms with Gasteiger partial charge in [0, 0.05) is 18.8 Å². The van der Waals surface area contributed by atoms with Gasteiger partial charge in [0.25, 0.3) is 0 Å². The number of benzene rings is 1. The molecule has 1 N–H and O–H groups in total. The van der Waals surface area contributed by atoms with E-state index in [0.717, 1.165) is 16.7 Å². The number of rotatable bonds is 3. The van der Waals surface area contributed by atoms with Crippen LogP contribution in [0, 0.1) is 0 Å². The monoisotopic (exact) mass is 268 g/mol. The molecule has 1 atom stereocenters. The fourth-order valence-electron chi connectivity index (χ4n) is 2.07. The van der Waals surface area contributed by atoms with Gasteiger partial charge in [-0.25, -0.2) is 4.79 Å². The van der Waals surface area contributed by atoms with Crippen LogP contribution >= 0.6 is 0 Å². The van der Waals surface area contributed by atoms with Crippen molar-refractivity contribution < 1.29 is 14.7 Å². The van der Waals surface area contributed by atoms with Gasteiger partial charge in [-0.1, -0.05) is 35.5 Å². The van der Waals surface area contributed by atoms with Crippen molar-refractivity contribution in [2.75, 3.05) is 0 Å². The number of nitrogens with zero attached hydrogens (tertiary/aromatic N) is 2. The van der Waals surface area contributed by atoms with Crippen LogP contribution in [0.1, 0.15) is 12.0 Å². The summed E-state index contributed by atoms with van der Waals surface area (Å²) in [5, 5.41) is 12.7. The van der Waals surface area contributed by atoms with Crippen LogP contribution in [-0.4, -0.2) is 27.9 Å². The van der Waals surface area contributed by atoms with Gasteiger partial charge in [-0.15, -0.1) is 0 Å². The number of aliphatic carboxylic acids is 1. The zero-order chi connectivity index (χ0) is 13.9. The summed E-state index contributed by atoms with van der Waals surface area (Å²) in [6.45, 7) is 0. The van der Waals surface area contributed by atoms with Gasteiger partial charge in [-0.05, 0) is 22.8 Å². The molecule has 0 fully saturated rings. The normalized spacial score (nSPS) is 17.4. The molecule has 5 heteroatoms. The average Bonchev–Trinajstić information content (AvgIpc) is 2.98. The highest BCUT2D eigenvalue weighted by Gasteiger charge is 2.28. The molecule has 0 aliphatic carbocycles. The van der Waals surface area contributed by atoms with Crippen LogP contribution in [0.25, 0.3) is 11.1 Å². The largest absolute Gasteiger partial charge is 0.478 e. The molecule has 0 spiro atoms. The van der Waals surface area contributed by atoms with Gasteiger partial charge in [-0.2, -0.15) is 0 Å². The summed E-state index contributed by atoms with van der Waals surface area (Å²) < 4.78 is 0. The first-order valence-electron chi connectivity index (χ1n) is 6.20. The van der Waals surface area contributed by atoms with Gasteiger partial charge in [0.2, 0.25) is 6.10 Å². The summed E-state index contributed by atoms with van der Waals surface area (Å²) in [6, 6.07) is 11.6. The molecule has 5 nitrogen and oxygen atoms in total. The Hall–Kier alpha value is -2.69. The smallest absolute Gasteiger partial charge is 0.348 e. The summed E-state index contributed by atoms with van der Waals surface area (Å²) >= 11 is 0. The minimum absolute atomic E-state index is 0.293. The van der Waals surface area contributed by atoms with Crippen LogP contribution in [0.3, 0.4) is 0 Å². The quantitative estimate of drug-likeness (QED) is 0.927. The Bertz CT molecular complexity index is 651. The number of hydrogen-bond acceptors (Lipinski definition) is 4. The lowest BCUT2D eigenvalue weighted by Crippen LogP contribution is -2.19. The minimum atomic E-state index is -0.990. The van der Waals surface area contributed by atoms with Gasteiger partial charge >= 0.3 is 5.97 Å². The number of carboxylic acids is 1. The van der Waals surface area contributed by atoms with Crippen molar-refractivity contribution in [1.29, 1.82) is 0 Å². The molecule has 0 saturated carbocycles. The fourth-order valence-corrected chi connectivity index (χ4v) is 2.07. The topological polar surface area (TPSA) is 71.8 Å². The molecule has 1 aromatic carbocycles. The first kappa shape index (κ1) is 12.3. The molecule has 3 rings (SSSR count). The maximum atomic E-state index is 10.8. The Morgan fingerprint density at radius 2 is 1.90 bits per heavy atom. The Balaban J connectivity index is 1.79. The number of aromatic nitrogens is 1. The van der Waals surface area contributed by atoms with Crippen LogP contribution in [0.5, 0.6) is 0 Å². The van der Waals surface area contributed by atoms with E-state index >= 15 is 0 Å². The third-order valence-corrected chi connectivity index (χ3v) is 3.16. The lowest BCUT2D eigenvalue weighted by molar-refractivity contribution is -0.148. The van der Waals surface area contributed by atoms with E-state index in [2.05, 4.69) is 10.1 Å². The van der Waals surface area contributed by atoms with E-state index < -0.39 is 12.1 Å². The number of carbonyl (C=O) groups is 1. The van der Waals surface area contributed by atoms with Crippen molar-refractivity contribution >= 4 is 11.7 Å². The Morgan fingerprint density at radius 3 is 2.50 bits per heavy atom. The molecule has 1 aliphatic heterocycles. The molecule has 0 amide bonds. The summed E-state index contributed by atoms with van der Waals surface area (Å²) in [7, 11) is 0. The SMILES string of the molecule is O=C(O)C1CC(c2ccc(-c3cccnc3)cc2)=NO1. The van der Waals surface area contributed by atoms with E-state index in [-0.39, 0.29) is 0 Å². The standard InChI is InChI=1S/C15H12N2O3/c18-15(19)14-8-13(17-20-14)11-5-3-10(4-6-11)12-2-1-7-16-9-12/h1-7,9,14H,8H2,(H,18,19). The van der Waals surface area contributed by atoms with Crippen LogP contribution < -0.4 is 0 Å². The highest BCUT2D eigenvalue weighted by molar-refractivity contribution is 6.03. The molecule has 1 aromatic heterocycles. The van der Waals surface area contributed by atoms with Crippen molar-refractivity contribution in [3.63, 3.8) is 0 Å². The molecule has 0 saturated heterocycles. The summed E-state index contributed by atoms with van der Waals surface area (Å²) in [6.07, 6.45) is 2.95. The molecular weight excluding hydrogens is 256 g/mol. The van der Waals surface area contributed by atoms with E-state index in [9.17, 15) is 4.79 Å². The number of oxime groups is 1. The molecule has 1 aliphatic rings. The number of carboxylic acid groups (broad SMARTS) is 1. The Labute approximate surface area is 115 Å². The van der Waals surface area contributed by atoms with E-state index in [0.29, 0.717) is 12.1 Å². The first-order chi connectivity index (χ1) is 9.74. The van der Waals surface area contributed by atoms with Crippen LogP contribution in [0.4, 0.5) is 0 Å². The second-order valence-electron chi connectivity index (χ2n) is 4.49. The predicted molar refractivity (Wildman–Crippen MR) is 73.3 cm³/mol. The summed E-state index contributed by atoms with van der Waals surface area (Å²) in [5.74, 6) is -0.990. The second kappa shape index (κ2) is 5.13. The van der Waals surface area contributed by atoms with Gasteiger partial charge < -0.3 is 9.94 Å². The van der Waals surface area contributed by atoms with Gasteiger partial charge in [0.05, 0.1) is 5.71 Å². The molecule has 1 unspecified atom stereocenters. The molecular formula is C15H12N2O3. The highest BCUT2D eigenvalue weighted by atomic mass is 16.7. The molecule has 2 aromatic rings. The zero-order valence-corrected chi connectivity index (χ0v) is 10.6. The first-order valence-corrected chi connectivity index (χ1v) is 6.20. The number of hydrogen-bond donors (Lipinski definition) is 1. The average molecular weight is 268 g/mol. The zero-order valence-electron chi connectivity index (χ0n) is 10.6. The van der Waals surface area contributed by atoms with Crippen molar-refractivity contribution in [3.05, 3.63) is 54.4 Å². The number of pyridine rings is 1. The molecule has 0 bridgehead atoms. The van der Waals surface area contributed by atoms with E-state index in [1.807, 2.05) is 36.4 Å². The predicted octanol–water partition coefficient (Wildman–Crippen LogP) is 2.33. The molecule has 100 valence electrons. The van der Waals surface area contributed by atoms with Gasteiger partial charge in [0.15, 0.2) is 0 Å². The molecule has 2 heterocycles. The summed E-state index contributed by atoms with van der Waals surface area (Å²) in [4.78, 5) is 19.8. The van der Waals surface area contributed by atoms with Crippen molar-refractivity contribution in [1.82, 2.24) is 4.98 Å². The fraction of sp³-hybridized carbons (Fsp3) is 0.133. The Morgan fingerprint density at radius 1 is 1.15 bits per heavy atom. The van der Waals surface area contributed by atoms with Gasteiger partial charge in [-0.3, -0.25) is 4.98 Å². The van der Waals surface area contributed by atoms with Crippen LogP contribution in [-0.2, 0) is 9.63 Å². The third kappa shape index (κ3) is 2.38. The lowest BCUT2D eigenvalue weighted by Gasteiger charge is -2.03. The maximum Gasteiger partial charge on any atom is 0.348 e. The lowest BCUT2D eigenvalue weighted by atomic mass is 10.0. The second-order valence-corrected chi connectivity index (χ2v) is 4.49. The minimum Gasteiger partial charge on any atom is -0.478 e. The van der Waals surface area contributed by atoms with Crippen molar-refractivity contribution in [2.24, 2.45) is 5.16 Å². The van der Waals surface area contributed by atoms with Crippen LogP contribution in [0.2, 0.25) is 0 Å². The Kier molecular flexibility index (Phi) is 3.16. The summed E-state index contributed by atoms with van der Waals surface area (Å²) in [5.41, 5.74) is 3.62. The third-order valence-electron chi connectivity index (χ3n) is 3.16. The van der Waals surface area contributed by atoms with E-state index in [1.54, 1.807) is 12.4 Å². The van der Waals surface area contributed by atoms with Crippen molar-refractivity contribution in [2.45, 2.75) is 12.5 Å². The maximum absolute atomic E-state index is 10.8. The van der Waals surface area contributed by atoms with E-state index in [1.165, 1.54) is 0 Å². The van der Waals surface area contributed by atoms with E-state index in [4.69, 9.17) is 9.94 Å².